The van der Waals surface area contributed by atoms with Crippen molar-refractivity contribution in [3.8, 4) is 0 Å². The first-order valence-electron chi connectivity index (χ1n) is 6.64. The van der Waals surface area contributed by atoms with E-state index in [1.54, 1.807) is 12.1 Å². The van der Waals surface area contributed by atoms with Gasteiger partial charge in [-0.1, -0.05) is 0 Å². The highest BCUT2D eigenvalue weighted by molar-refractivity contribution is 14.1. The summed E-state index contributed by atoms with van der Waals surface area (Å²) in [6.07, 6.45) is 1.48. The van der Waals surface area contributed by atoms with Crippen LogP contribution in [0.25, 0.3) is 0 Å². The number of nitrogens with two attached hydrogens (primary N) is 1. The van der Waals surface area contributed by atoms with Crippen LogP contribution in [0.3, 0.4) is 0 Å². The van der Waals surface area contributed by atoms with Crippen molar-refractivity contribution in [1.29, 1.82) is 0 Å². The van der Waals surface area contributed by atoms with E-state index < -0.39 is 5.82 Å². The van der Waals surface area contributed by atoms with Gasteiger partial charge in [0.1, 0.15) is 17.5 Å². The van der Waals surface area contributed by atoms with Gasteiger partial charge in [0.15, 0.2) is 0 Å². The monoisotopic (exact) mass is 424 g/mol. The summed E-state index contributed by atoms with van der Waals surface area (Å²) >= 11 is 2.03. The van der Waals surface area contributed by atoms with Crippen molar-refractivity contribution in [2.24, 2.45) is 0 Å². The SMILES string of the molecule is Nc1ccnc(N(c2ccc(F)cc2)c2ccc(I)cc2F)n1. The standard InChI is InChI=1S/C16H11F2IN4/c17-10-1-4-12(5-2-10)23(16-21-8-7-15(20)22-16)14-6-3-11(19)9-13(14)18/h1-9H,(H2,20,21,22). The molecule has 0 aliphatic rings. The van der Waals surface area contributed by atoms with Crippen LogP contribution in [0.5, 0.6) is 0 Å². The van der Waals surface area contributed by atoms with Crippen LogP contribution >= 0.6 is 22.6 Å². The fraction of sp³-hybridized carbons (Fsp3) is 0. The maximum atomic E-state index is 14.4. The maximum absolute atomic E-state index is 14.4. The molecule has 0 spiro atoms. The average molecular weight is 424 g/mol. The zero-order valence-corrected chi connectivity index (χ0v) is 13.9. The predicted molar refractivity (Wildman–Crippen MR) is 93.8 cm³/mol. The second kappa shape index (κ2) is 6.45. The largest absolute Gasteiger partial charge is 0.384 e. The number of anilines is 4. The van der Waals surface area contributed by atoms with E-state index in [2.05, 4.69) is 9.97 Å². The summed E-state index contributed by atoms with van der Waals surface area (Å²) in [7, 11) is 0. The first-order valence-corrected chi connectivity index (χ1v) is 7.72. The Morgan fingerprint density at radius 2 is 1.74 bits per heavy atom. The fourth-order valence-corrected chi connectivity index (χ4v) is 2.54. The average Bonchev–Trinajstić information content (AvgIpc) is 2.51. The highest BCUT2D eigenvalue weighted by Crippen LogP contribution is 2.34. The number of hydrogen-bond acceptors (Lipinski definition) is 4. The van der Waals surface area contributed by atoms with Gasteiger partial charge in [0, 0.05) is 15.5 Å². The normalized spacial score (nSPS) is 10.6. The maximum Gasteiger partial charge on any atom is 0.236 e. The molecule has 116 valence electrons. The van der Waals surface area contributed by atoms with E-state index in [-0.39, 0.29) is 23.3 Å². The molecule has 0 radical (unpaired) electrons. The summed E-state index contributed by atoms with van der Waals surface area (Å²) in [6, 6.07) is 12.0. The van der Waals surface area contributed by atoms with E-state index >= 15 is 0 Å². The van der Waals surface area contributed by atoms with Gasteiger partial charge in [0.2, 0.25) is 5.95 Å². The molecule has 2 aromatic carbocycles. The number of aromatic nitrogens is 2. The molecule has 0 atom stereocenters. The Kier molecular flexibility index (Phi) is 4.37. The third-order valence-electron chi connectivity index (χ3n) is 3.10. The van der Waals surface area contributed by atoms with Crippen molar-refractivity contribution >= 4 is 45.7 Å². The number of benzene rings is 2. The smallest absolute Gasteiger partial charge is 0.236 e. The lowest BCUT2D eigenvalue weighted by atomic mass is 10.2. The van der Waals surface area contributed by atoms with Crippen molar-refractivity contribution in [3.05, 3.63) is 69.9 Å². The first-order chi connectivity index (χ1) is 11.0. The van der Waals surface area contributed by atoms with Gasteiger partial charge in [0.25, 0.3) is 0 Å². The minimum atomic E-state index is -0.438. The predicted octanol–water partition coefficient (Wildman–Crippen LogP) is 4.41. The molecule has 1 aromatic heterocycles. The molecule has 4 nitrogen and oxygen atoms in total. The van der Waals surface area contributed by atoms with Crippen molar-refractivity contribution in [2.45, 2.75) is 0 Å². The summed E-state index contributed by atoms with van der Waals surface area (Å²) in [4.78, 5) is 9.78. The Bertz CT molecular complexity index is 840. The lowest BCUT2D eigenvalue weighted by Crippen LogP contribution is -2.15. The Balaban J connectivity index is 2.19. The molecule has 0 fully saturated rings. The van der Waals surface area contributed by atoms with Gasteiger partial charge in [0.05, 0.1) is 5.69 Å². The van der Waals surface area contributed by atoms with Gasteiger partial charge in [-0.05, 0) is 71.1 Å². The number of hydrogen-bond donors (Lipinski definition) is 1. The quantitative estimate of drug-likeness (QED) is 0.633. The lowest BCUT2D eigenvalue weighted by Gasteiger charge is -2.23. The van der Waals surface area contributed by atoms with E-state index in [1.807, 2.05) is 22.6 Å². The second-order valence-corrected chi connectivity index (χ2v) is 5.93. The second-order valence-electron chi connectivity index (χ2n) is 4.69. The van der Waals surface area contributed by atoms with Gasteiger partial charge in [-0.25, -0.2) is 13.8 Å². The summed E-state index contributed by atoms with van der Waals surface area (Å²) in [5.41, 5.74) is 6.48. The summed E-state index contributed by atoms with van der Waals surface area (Å²) < 4.78 is 28.4. The number of nitrogens with zero attached hydrogens (tertiary/aromatic N) is 3. The minimum Gasteiger partial charge on any atom is -0.384 e. The molecular weight excluding hydrogens is 413 g/mol. The zero-order valence-electron chi connectivity index (χ0n) is 11.7. The van der Waals surface area contributed by atoms with Crippen LogP contribution in [-0.4, -0.2) is 9.97 Å². The van der Waals surface area contributed by atoms with Crippen LogP contribution in [0, 0.1) is 15.2 Å². The number of nitrogen functional groups attached to an aromatic ring is 1. The van der Waals surface area contributed by atoms with Gasteiger partial charge in [-0.15, -0.1) is 0 Å². The van der Waals surface area contributed by atoms with E-state index in [4.69, 9.17) is 5.73 Å². The zero-order chi connectivity index (χ0) is 16.4. The molecule has 3 aromatic rings. The third kappa shape index (κ3) is 3.39. The molecule has 7 heteroatoms. The number of rotatable bonds is 3. The molecule has 0 saturated heterocycles. The molecule has 2 N–H and O–H groups in total. The molecule has 0 unspecified atom stereocenters. The fourth-order valence-electron chi connectivity index (χ4n) is 2.08. The molecule has 0 aliphatic heterocycles. The van der Waals surface area contributed by atoms with Crippen LogP contribution in [0.1, 0.15) is 0 Å². The molecule has 1 heterocycles. The van der Waals surface area contributed by atoms with Gasteiger partial charge in [-0.3, -0.25) is 4.90 Å². The van der Waals surface area contributed by atoms with Gasteiger partial charge < -0.3 is 5.73 Å². The topological polar surface area (TPSA) is 55.0 Å². The van der Waals surface area contributed by atoms with Gasteiger partial charge >= 0.3 is 0 Å². The van der Waals surface area contributed by atoms with Crippen molar-refractivity contribution in [1.82, 2.24) is 9.97 Å². The van der Waals surface area contributed by atoms with Gasteiger partial charge in [-0.2, -0.15) is 4.98 Å². The molecular formula is C16H11F2IN4. The van der Waals surface area contributed by atoms with E-state index in [0.717, 1.165) is 3.57 Å². The van der Waals surface area contributed by atoms with Crippen LogP contribution in [-0.2, 0) is 0 Å². The van der Waals surface area contributed by atoms with Crippen LogP contribution < -0.4 is 10.6 Å². The van der Waals surface area contributed by atoms with Crippen molar-refractivity contribution in [3.63, 3.8) is 0 Å². The van der Waals surface area contributed by atoms with Crippen LogP contribution in [0.4, 0.5) is 31.9 Å². The molecule has 0 amide bonds. The summed E-state index contributed by atoms with van der Waals surface area (Å²) in [5.74, 6) is -0.359. The van der Waals surface area contributed by atoms with Crippen LogP contribution in [0.15, 0.2) is 54.7 Å². The van der Waals surface area contributed by atoms with E-state index in [0.29, 0.717) is 5.69 Å². The van der Waals surface area contributed by atoms with Crippen molar-refractivity contribution in [2.75, 3.05) is 10.6 Å². The number of halogens is 3. The van der Waals surface area contributed by atoms with E-state index in [9.17, 15) is 8.78 Å². The summed E-state index contributed by atoms with van der Waals surface area (Å²) in [6.45, 7) is 0. The molecule has 23 heavy (non-hydrogen) atoms. The molecule has 0 saturated carbocycles. The highest BCUT2D eigenvalue weighted by Gasteiger charge is 2.19. The lowest BCUT2D eigenvalue weighted by molar-refractivity contribution is 0.625. The highest BCUT2D eigenvalue weighted by atomic mass is 127. The molecule has 0 aliphatic carbocycles. The Morgan fingerprint density at radius 1 is 1.00 bits per heavy atom. The summed E-state index contributed by atoms with van der Waals surface area (Å²) in [5, 5.41) is 0. The Hall–Kier alpha value is -2.29. The van der Waals surface area contributed by atoms with Crippen molar-refractivity contribution < 1.29 is 8.78 Å². The minimum absolute atomic E-state index is 0.205. The Labute approximate surface area is 145 Å². The molecule has 3 rings (SSSR count). The van der Waals surface area contributed by atoms with E-state index in [1.165, 1.54) is 47.5 Å². The third-order valence-corrected chi connectivity index (χ3v) is 3.77. The van der Waals surface area contributed by atoms with Crippen LogP contribution in [0.2, 0.25) is 0 Å². The first kappa shape index (κ1) is 15.6. The molecule has 0 bridgehead atoms. The Morgan fingerprint density at radius 3 is 2.39 bits per heavy atom.